The summed E-state index contributed by atoms with van der Waals surface area (Å²) in [5, 5.41) is 15.8. The molecule has 0 amide bonds. The Kier molecular flexibility index (Phi) is 4.25. The second kappa shape index (κ2) is 6.66. The number of benzene rings is 3. The van der Waals surface area contributed by atoms with Gasteiger partial charge in [-0.3, -0.25) is 0 Å². The fourth-order valence-corrected chi connectivity index (χ4v) is 2.27. The van der Waals surface area contributed by atoms with Gasteiger partial charge in [0.05, 0.1) is 11.3 Å². The zero-order valence-electron chi connectivity index (χ0n) is 12.4. The Morgan fingerprint density at radius 3 is 1.83 bits per heavy atom. The van der Waals surface area contributed by atoms with Gasteiger partial charge in [-0.05, 0) is 42.5 Å². The van der Waals surface area contributed by atoms with Crippen molar-refractivity contribution in [3.63, 3.8) is 0 Å². The molecule has 0 heterocycles. The molecule has 4 heteroatoms. The van der Waals surface area contributed by atoms with Gasteiger partial charge in [-0.25, -0.2) is 4.79 Å². The van der Waals surface area contributed by atoms with Crippen LogP contribution < -0.4 is 10.6 Å². The van der Waals surface area contributed by atoms with E-state index in [0.29, 0.717) is 5.69 Å². The third-order valence-electron chi connectivity index (χ3n) is 3.37. The maximum Gasteiger partial charge on any atom is 0.337 e. The number of carboxylic acids is 1. The Balaban J connectivity index is 1.88. The molecule has 0 aliphatic carbocycles. The first-order chi connectivity index (χ1) is 11.2. The van der Waals surface area contributed by atoms with Crippen LogP contribution in [0.4, 0.5) is 22.7 Å². The number of hydrogen-bond donors (Lipinski definition) is 3. The van der Waals surface area contributed by atoms with Gasteiger partial charge in [-0.15, -0.1) is 0 Å². The monoisotopic (exact) mass is 304 g/mol. The largest absolute Gasteiger partial charge is 0.478 e. The molecule has 0 saturated carbocycles. The highest BCUT2D eigenvalue weighted by Crippen LogP contribution is 2.26. The van der Waals surface area contributed by atoms with Gasteiger partial charge in [0.15, 0.2) is 0 Å². The highest BCUT2D eigenvalue weighted by atomic mass is 16.4. The molecule has 4 nitrogen and oxygen atoms in total. The van der Waals surface area contributed by atoms with Crippen molar-refractivity contribution in [2.45, 2.75) is 0 Å². The molecule has 0 atom stereocenters. The molecule has 3 aromatic carbocycles. The summed E-state index contributed by atoms with van der Waals surface area (Å²) in [6.45, 7) is 0. The standard InChI is InChI=1S/C19H16N2O2/c22-19(23)17-13-16(20-14-7-3-1-4-8-14)11-12-18(17)21-15-9-5-2-6-10-15/h1-13,20-21H,(H,22,23). The van der Waals surface area contributed by atoms with Crippen LogP contribution in [0.2, 0.25) is 0 Å². The number of anilines is 4. The average molecular weight is 304 g/mol. The smallest absolute Gasteiger partial charge is 0.337 e. The topological polar surface area (TPSA) is 61.4 Å². The minimum Gasteiger partial charge on any atom is -0.478 e. The van der Waals surface area contributed by atoms with Crippen molar-refractivity contribution < 1.29 is 9.90 Å². The number of hydrogen-bond acceptors (Lipinski definition) is 3. The van der Waals surface area contributed by atoms with E-state index in [1.165, 1.54) is 0 Å². The number of rotatable bonds is 5. The van der Waals surface area contributed by atoms with Gasteiger partial charge in [-0.2, -0.15) is 0 Å². The van der Waals surface area contributed by atoms with Crippen LogP contribution in [0.5, 0.6) is 0 Å². The van der Waals surface area contributed by atoms with Gasteiger partial charge in [-0.1, -0.05) is 36.4 Å². The predicted molar refractivity (Wildman–Crippen MR) is 92.9 cm³/mol. The Morgan fingerprint density at radius 2 is 1.26 bits per heavy atom. The maximum absolute atomic E-state index is 11.5. The molecule has 23 heavy (non-hydrogen) atoms. The Hall–Kier alpha value is -3.27. The second-order valence-corrected chi connectivity index (χ2v) is 5.05. The predicted octanol–water partition coefficient (Wildman–Crippen LogP) is 4.87. The van der Waals surface area contributed by atoms with Crippen molar-refractivity contribution >= 4 is 28.7 Å². The Labute approximate surface area is 134 Å². The van der Waals surface area contributed by atoms with E-state index in [2.05, 4.69) is 10.6 Å². The molecule has 0 aliphatic heterocycles. The first kappa shape index (κ1) is 14.7. The number of para-hydroxylation sites is 2. The van der Waals surface area contributed by atoms with Gasteiger partial charge in [0.25, 0.3) is 0 Å². The summed E-state index contributed by atoms with van der Waals surface area (Å²) in [7, 11) is 0. The van der Waals surface area contributed by atoms with Gasteiger partial charge in [0.2, 0.25) is 0 Å². The molecule has 0 radical (unpaired) electrons. The Morgan fingerprint density at radius 1 is 0.696 bits per heavy atom. The summed E-state index contributed by atoms with van der Waals surface area (Å²) in [6, 6.07) is 24.4. The van der Waals surface area contributed by atoms with Crippen LogP contribution in [-0.2, 0) is 0 Å². The van der Waals surface area contributed by atoms with Crippen molar-refractivity contribution in [1.82, 2.24) is 0 Å². The average Bonchev–Trinajstić information content (AvgIpc) is 2.58. The van der Waals surface area contributed by atoms with Gasteiger partial charge < -0.3 is 15.7 Å². The summed E-state index contributed by atoms with van der Waals surface area (Å²) in [5.74, 6) is -0.972. The number of carboxylic acid groups (broad SMARTS) is 1. The van der Waals surface area contributed by atoms with E-state index in [9.17, 15) is 9.90 Å². The number of carbonyl (C=O) groups is 1. The zero-order chi connectivity index (χ0) is 16.1. The molecule has 0 aliphatic rings. The summed E-state index contributed by atoms with van der Waals surface area (Å²) in [4.78, 5) is 11.5. The summed E-state index contributed by atoms with van der Waals surface area (Å²) < 4.78 is 0. The Bertz CT molecular complexity index is 802. The molecule has 114 valence electrons. The van der Waals surface area contributed by atoms with Crippen molar-refractivity contribution in [3.8, 4) is 0 Å². The van der Waals surface area contributed by atoms with Crippen LogP contribution in [-0.4, -0.2) is 11.1 Å². The molecule has 3 N–H and O–H groups in total. The molecule has 0 fully saturated rings. The van der Waals surface area contributed by atoms with Crippen molar-refractivity contribution in [2.75, 3.05) is 10.6 Å². The quantitative estimate of drug-likeness (QED) is 0.629. The zero-order valence-corrected chi connectivity index (χ0v) is 12.4. The molecular formula is C19H16N2O2. The van der Waals surface area contributed by atoms with E-state index in [1.807, 2.05) is 66.7 Å². The molecule has 3 aromatic rings. The van der Waals surface area contributed by atoms with E-state index in [1.54, 1.807) is 12.1 Å². The number of aromatic carboxylic acids is 1. The minimum absolute atomic E-state index is 0.217. The lowest BCUT2D eigenvalue weighted by molar-refractivity contribution is 0.0698. The van der Waals surface area contributed by atoms with Crippen LogP contribution in [0.3, 0.4) is 0 Å². The molecule has 3 rings (SSSR count). The lowest BCUT2D eigenvalue weighted by Crippen LogP contribution is -2.04. The van der Waals surface area contributed by atoms with Crippen LogP contribution in [0.1, 0.15) is 10.4 Å². The molecular weight excluding hydrogens is 288 g/mol. The normalized spacial score (nSPS) is 10.1. The van der Waals surface area contributed by atoms with Crippen LogP contribution in [0, 0.1) is 0 Å². The molecule has 0 bridgehead atoms. The third kappa shape index (κ3) is 3.68. The van der Waals surface area contributed by atoms with Crippen LogP contribution in [0.15, 0.2) is 78.9 Å². The first-order valence-electron chi connectivity index (χ1n) is 7.24. The van der Waals surface area contributed by atoms with Gasteiger partial charge in [0.1, 0.15) is 0 Å². The van der Waals surface area contributed by atoms with Gasteiger partial charge in [0, 0.05) is 17.1 Å². The highest BCUT2D eigenvalue weighted by Gasteiger charge is 2.11. The lowest BCUT2D eigenvalue weighted by atomic mass is 10.1. The molecule has 0 saturated heterocycles. The first-order valence-corrected chi connectivity index (χ1v) is 7.24. The number of nitrogens with one attached hydrogen (secondary N) is 2. The maximum atomic E-state index is 11.5. The van der Waals surface area contributed by atoms with Crippen LogP contribution in [0.25, 0.3) is 0 Å². The van der Waals surface area contributed by atoms with Crippen molar-refractivity contribution in [3.05, 3.63) is 84.4 Å². The molecule has 0 unspecified atom stereocenters. The van der Waals surface area contributed by atoms with E-state index < -0.39 is 5.97 Å². The van der Waals surface area contributed by atoms with E-state index in [4.69, 9.17) is 0 Å². The molecule has 0 aromatic heterocycles. The van der Waals surface area contributed by atoms with E-state index in [-0.39, 0.29) is 5.56 Å². The van der Waals surface area contributed by atoms with Crippen molar-refractivity contribution in [2.24, 2.45) is 0 Å². The van der Waals surface area contributed by atoms with E-state index in [0.717, 1.165) is 17.1 Å². The van der Waals surface area contributed by atoms with Crippen molar-refractivity contribution in [1.29, 1.82) is 0 Å². The highest BCUT2D eigenvalue weighted by molar-refractivity contribution is 5.96. The van der Waals surface area contributed by atoms with E-state index >= 15 is 0 Å². The fraction of sp³-hybridized carbons (Fsp3) is 0. The molecule has 0 spiro atoms. The lowest BCUT2D eigenvalue weighted by Gasteiger charge is -2.12. The third-order valence-corrected chi connectivity index (χ3v) is 3.37. The SMILES string of the molecule is O=C(O)c1cc(Nc2ccccc2)ccc1Nc1ccccc1. The summed E-state index contributed by atoms with van der Waals surface area (Å²) >= 11 is 0. The summed E-state index contributed by atoms with van der Waals surface area (Å²) in [5.41, 5.74) is 3.26. The fourth-order valence-electron chi connectivity index (χ4n) is 2.27. The summed E-state index contributed by atoms with van der Waals surface area (Å²) in [6.07, 6.45) is 0. The van der Waals surface area contributed by atoms with Gasteiger partial charge >= 0.3 is 5.97 Å². The second-order valence-electron chi connectivity index (χ2n) is 5.05. The minimum atomic E-state index is -0.972. The van der Waals surface area contributed by atoms with Crippen LogP contribution >= 0.6 is 0 Å².